The summed E-state index contributed by atoms with van der Waals surface area (Å²) in [7, 11) is -3.63. The Balaban J connectivity index is 2.18. The molecule has 0 aliphatic rings. The summed E-state index contributed by atoms with van der Waals surface area (Å²) in [5.74, 6) is -0.226. The van der Waals surface area contributed by atoms with Gasteiger partial charge in [0.1, 0.15) is 5.75 Å². The van der Waals surface area contributed by atoms with Gasteiger partial charge in [0.15, 0.2) is 0 Å². The Morgan fingerprint density at radius 1 is 1.03 bits per heavy atom. The lowest BCUT2D eigenvalue weighted by Crippen LogP contribution is -2.33. The second-order valence-corrected chi connectivity index (χ2v) is 9.09. The summed E-state index contributed by atoms with van der Waals surface area (Å²) >= 11 is 0. The molecule has 0 heterocycles. The Morgan fingerprint density at radius 2 is 1.60 bits per heavy atom. The molecule has 0 atom stereocenters. The number of rotatable bonds is 8. The zero-order chi connectivity index (χ0) is 22.5. The minimum Gasteiger partial charge on any atom is -0.382 e. The summed E-state index contributed by atoms with van der Waals surface area (Å²) in [5, 5.41) is 0. The van der Waals surface area contributed by atoms with Crippen LogP contribution in [0.2, 0.25) is 0 Å². The third kappa shape index (κ3) is 6.76. The molecule has 2 aromatic rings. The Bertz CT molecular complexity index is 953. The van der Waals surface area contributed by atoms with Gasteiger partial charge in [-0.05, 0) is 54.8 Å². The van der Waals surface area contributed by atoms with Crippen LogP contribution in [0, 0.1) is 5.92 Å². The van der Waals surface area contributed by atoms with Crippen LogP contribution in [0.5, 0.6) is 5.75 Å². The van der Waals surface area contributed by atoms with Crippen molar-refractivity contribution in [1.82, 2.24) is 4.90 Å². The number of carbonyl (C=O) groups is 1. The quantitative estimate of drug-likeness (QED) is 0.553. The molecule has 164 valence electrons. The van der Waals surface area contributed by atoms with Crippen molar-refractivity contribution < 1.29 is 30.6 Å². The molecular weight excluding hydrogens is 419 g/mol. The zero-order valence-electron chi connectivity index (χ0n) is 16.9. The van der Waals surface area contributed by atoms with Crippen LogP contribution in [-0.4, -0.2) is 31.5 Å². The van der Waals surface area contributed by atoms with Crippen molar-refractivity contribution in [3.05, 3.63) is 65.2 Å². The fraction of sp³-hybridized carbons (Fsp3) is 0.381. The Labute approximate surface area is 174 Å². The minimum absolute atomic E-state index is 0.140. The number of hydrogen-bond donors (Lipinski definition) is 0. The van der Waals surface area contributed by atoms with Gasteiger partial charge in [0.2, 0.25) is 0 Å². The first-order chi connectivity index (χ1) is 13.9. The molecule has 0 unspecified atom stereocenters. The number of hydrogen-bond acceptors (Lipinski definition) is 4. The van der Waals surface area contributed by atoms with E-state index in [1.807, 2.05) is 13.8 Å². The van der Waals surface area contributed by atoms with Gasteiger partial charge >= 0.3 is 16.3 Å². The lowest BCUT2D eigenvalue weighted by Gasteiger charge is -2.25. The number of alkyl halides is 3. The standard InChI is InChI=1S/C21H24F3NO4S/c1-4-30(27,28)29-19-11-5-16(6-12-19)14-25(13-15(2)3)20(26)17-7-9-18(10-8-17)21(22,23)24/h5-12,15H,4,13-14H2,1-3H3. The molecule has 9 heteroatoms. The smallest absolute Gasteiger partial charge is 0.382 e. The highest BCUT2D eigenvalue weighted by Gasteiger charge is 2.30. The molecule has 2 rings (SSSR count). The van der Waals surface area contributed by atoms with Gasteiger partial charge in [-0.3, -0.25) is 4.79 Å². The predicted octanol–water partition coefficient (Wildman–Crippen LogP) is 4.73. The van der Waals surface area contributed by atoms with Gasteiger partial charge in [-0.1, -0.05) is 26.0 Å². The Morgan fingerprint density at radius 3 is 2.07 bits per heavy atom. The molecule has 0 aliphatic carbocycles. The summed E-state index contributed by atoms with van der Waals surface area (Å²) in [6, 6.07) is 10.4. The van der Waals surface area contributed by atoms with E-state index < -0.39 is 21.9 Å². The first kappa shape index (κ1) is 23.7. The van der Waals surface area contributed by atoms with Gasteiger partial charge in [-0.25, -0.2) is 0 Å². The zero-order valence-corrected chi connectivity index (χ0v) is 17.8. The fourth-order valence-electron chi connectivity index (χ4n) is 2.72. The summed E-state index contributed by atoms with van der Waals surface area (Å²) in [6.07, 6.45) is -4.46. The summed E-state index contributed by atoms with van der Waals surface area (Å²) in [5.41, 5.74) is 0.0851. The highest BCUT2D eigenvalue weighted by molar-refractivity contribution is 7.87. The molecule has 0 aliphatic heterocycles. The van der Waals surface area contributed by atoms with Crippen LogP contribution in [0.25, 0.3) is 0 Å². The van der Waals surface area contributed by atoms with E-state index >= 15 is 0 Å². The van der Waals surface area contributed by atoms with Gasteiger partial charge < -0.3 is 9.08 Å². The van der Waals surface area contributed by atoms with Gasteiger partial charge in [0.05, 0.1) is 11.3 Å². The molecule has 0 saturated heterocycles. The maximum Gasteiger partial charge on any atom is 0.416 e. The van der Waals surface area contributed by atoms with Crippen molar-refractivity contribution in [2.24, 2.45) is 5.92 Å². The van der Waals surface area contributed by atoms with Crippen molar-refractivity contribution in [2.45, 2.75) is 33.5 Å². The number of amides is 1. The Hall–Kier alpha value is -2.55. The number of nitrogens with zero attached hydrogens (tertiary/aromatic N) is 1. The largest absolute Gasteiger partial charge is 0.416 e. The van der Waals surface area contributed by atoms with Crippen LogP contribution in [0.1, 0.15) is 42.3 Å². The highest BCUT2D eigenvalue weighted by Crippen LogP contribution is 2.29. The highest BCUT2D eigenvalue weighted by atomic mass is 32.2. The first-order valence-corrected chi connectivity index (χ1v) is 11.0. The van der Waals surface area contributed by atoms with Crippen molar-refractivity contribution in [1.29, 1.82) is 0 Å². The van der Waals surface area contributed by atoms with Crippen molar-refractivity contribution >= 4 is 16.0 Å². The van der Waals surface area contributed by atoms with Crippen LogP contribution < -0.4 is 4.18 Å². The third-order valence-corrected chi connectivity index (χ3v) is 5.36. The van der Waals surface area contributed by atoms with Gasteiger partial charge in [0.25, 0.3) is 5.91 Å². The van der Waals surface area contributed by atoms with Crippen molar-refractivity contribution in [3.8, 4) is 5.75 Å². The molecule has 0 bridgehead atoms. The molecular formula is C21H24F3NO4S. The van der Waals surface area contributed by atoms with Gasteiger partial charge in [0, 0.05) is 18.7 Å². The SMILES string of the molecule is CCS(=O)(=O)Oc1ccc(CN(CC(C)C)C(=O)c2ccc(C(F)(F)F)cc2)cc1. The Kier molecular flexibility index (Phi) is 7.52. The molecule has 0 fully saturated rings. The number of benzene rings is 2. The predicted molar refractivity (Wildman–Crippen MR) is 108 cm³/mol. The van der Waals surface area contributed by atoms with E-state index in [1.54, 1.807) is 17.0 Å². The molecule has 5 nitrogen and oxygen atoms in total. The van der Waals surface area contributed by atoms with E-state index in [-0.39, 0.29) is 35.4 Å². The van der Waals surface area contributed by atoms with Gasteiger partial charge in [-0.2, -0.15) is 21.6 Å². The molecule has 0 saturated carbocycles. The van der Waals surface area contributed by atoms with Crippen LogP contribution in [-0.2, 0) is 22.8 Å². The molecule has 0 N–H and O–H groups in total. The lowest BCUT2D eigenvalue weighted by atomic mass is 10.1. The van der Waals surface area contributed by atoms with Crippen molar-refractivity contribution in [2.75, 3.05) is 12.3 Å². The molecule has 30 heavy (non-hydrogen) atoms. The minimum atomic E-state index is -4.46. The normalized spacial score (nSPS) is 12.1. The van der Waals surface area contributed by atoms with Gasteiger partial charge in [-0.15, -0.1) is 0 Å². The van der Waals surface area contributed by atoms with Crippen LogP contribution in [0.4, 0.5) is 13.2 Å². The van der Waals surface area contributed by atoms with E-state index in [0.29, 0.717) is 6.54 Å². The van der Waals surface area contributed by atoms with E-state index in [1.165, 1.54) is 31.2 Å². The first-order valence-electron chi connectivity index (χ1n) is 9.39. The van der Waals surface area contributed by atoms with Crippen LogP contribution in [0.3, 0.4) is 0 Å². The number of halogens is 3. The van der Waals surface area contributed by atoms with Crippen LogP contribution in [0.15, 0.2) is 48.5 Å². The molecule has 1 amide bonds. The van der Waals surface area contributed by atoms with Crippen molar-refractivity contribution in [3.63, 3.8) is 0 Å². The maximum atomic E-state index is 12.9. The average Bonchev–Trinajstić information content (AvgIpc) is 2.67. The number of carbonyl (C=O) groups excluding carboxylic acids is 1. The summed E-state index contributed by atoms with van der Waals surface area (Å²) < 4.78 is 66.3. The topological polar surface area (TPSA) is 63.7 Å². The second kappa shape index (κ2) is 9.51. The monoisotopic (exact) mass is 443 g/mol. The molecule has 2 aromatic carbocycles. The van der Waals surface area contributed by atoms with E-state index in [2.05, 4.69) is 0 Å². The second-order valence-electron chi connectivity index (χ2n) is 7.23. The van der Waals surface area contributed by atoms with Crippen LogP contribution >= 0.6 is 0 Å². The van der Waals surface area contributed by atoms with E-state index in [0.717, 1.165) is 17.7 Å². The molecule has 0 spiro atoms. The molecule has 0 radical (unpaired) electrons. The molecule has 0 aromatic heterocycles. The third-order valence-electron chi connectivity index (χ3n) is 4.21. The average molecular weight is 443 g/mol. The maximum absolute atomic E-state index is 12.9. The fourth-order valence-corrected chi connectivity index (χ4v) is 3.24. The van der Waals surface area contributed by atoms with E-state index in [9.17, 15) is 26.4 Å². The van der Waals surface area contributed by atoms with E-state index in [4.69, 9.17) is 4.18 Å². The summed E-state index contributed by atoms with van der Waals surface area (Å²) in [4.78, 5) is 14.4. The summed E-state index contributed by atoms with van der Waals surface area (Å²) in [6.45, 7) is 5.96. The lowest BCUT2D eigenvalue weighted by molar-refractivity contribution is -0.137.